The molecule has 2 aromatic carbocycles. The molecule has 0 fully saturated rings. The molecule has 2 nitrogen and oxygen atoms in total. The van der Waals surface area contributed by atoms with E-state index in [2.05, 4.69) is 52.0 Å². The first kappa shape index (κ1) is 14.4. The summed E-state index contributed by atoms with van der Waals surface area (Å²) in [4.78, 5) is 0. The summed E-state index contributed by atoms with van der Waals surface area (Å²) in [5.74, 6) is 0. The molecule has 2 heteroatoms. The zero-order valence-corrected chi connectivity index (χ0v) is 12.8. The van der Waals surface area contributed by atoms with E-state index in [0.29, 0.717) is 0 Å². The van der Waals surface area contributed by atoms with Crippen molar-refractivity contribution in [2.24, 2.45) is 0 Å². The van der Waals surface area contributed by atoms with Crippen molar-refractivity contribution in [3.63, 3.8) is 0 Å². The van der Waals surface area contributed by atoms with Crippen LogP contribution in [-0.2, 0) is 10.8 Å². The topological polar surface area (TPSA) is 52.0 Å². The van der Waals surface area contributed by atoms with Gasteiger partial charge in [0.1, 0.15) is 0 Å². The smallest absolute Gasteiger partial charge is 0.0314 e. The Hall–Kier alpha value is -1.96. The van der Waals surface area contributed by atoms with Crippen LogP contribution in [0.3, 0.4) is 0 Å². The molecular weight excluding hydrogens is 244 g/mol. The fourth-order valence-corrected chi connectivity index (χ4v) is 2.52. The highest BCUT2D eigenvalue weighted by molar-refractivity contribution is 5.46. The van der Waals surface area contributed by atoms with E-state index in [-0.39, 0.29) is 10.8 Å². The first-order chi connectivity index (χ1) is 9.25. The predicted octanol–water partition coefficient (Wildman–Crippen LogP) is 4.11. The fourth-order valence-electron chi connectivity index (χ4n) is 2.52. The van der Waals surface area contributed by atoms with Gasteiger partial charge in [-0.05, 0) is 46.2 Å². The van der Waals surface area contributed by atoms with Gasteiger partial charge in [0.15, 0.2) is 0 Å². The van der Waals surface area contributed by atoms with E-state index in [4.69, 9.17) is 11.5 Å². The Balaban J connectivity index is 2.45. The maximum absolute atomic E-state index is 5.79. The molecule has 0 heterocycles. The molecule has 0 saturated carbocycles. The first-order valence-corrected chi connectivity index (χ1v) is 6.97. The second-order valence-electron chi connectivity index (χ2n) is 6.49. The number of hydrogen-bond donors (Lipinski definition) is 2. The van der Waals surface area contributed by atoms with Crippen molar-refractivity contribution in [1.82, 2.24) is 0 Å². The molecule has 0 aliphatic rings. The fraction of sp³-hybridized carbons (Fsp3) is 0.333. The van der Waals surface area contributed by atoms with E-state index >= 15 is 0 Å². The molecule has 0 aliphatic carbocycles. The van der Waals surface area contributed by atoms with Gasteiger partial charge in [0.25, 0.3) is 0 Å². The molecular formula is C18H24N2. The molecule has 0 atom stereocenters. The Morgan fingerprint density at radius 2 is 0.800 bits per heavy atom. The van der Waals surface area contributed by atoms with Gasteiger partial charge in [-0.3, -0.25) is 0 Å². The van der Waals surface area contributed by atoms with E-state index in [9.17, 15) is 0 Å². The largest absolute Gasteiger partial charge is 0.399 e. The van der Waals surface area contributed by atoms with Gasteiger partial charge < -0.3 is 11.5 Å². The highest BCUT2D eigenvalue weighted by Gasteiger charge is 2.39. The normalized spacial score (nSPS) is 12.4. The van der Waals surface area contributed by atoms with Crippen molar-refractivity contribution in [3.05, 3.63) is 59.7 Å². The summed E-state index contributed by atoms with van der Waals surface area (Å²) in [7, 11) is 0. The number of anilines is 2. The number of rotatable bonds is 3. The highest BCUT2D eigenvalue weighted by Crippen LogP contribution is 2.43. The van der Waals surface area contributed by atoms with Crippen molar-refractivity contribution < 1.29 is 0 Å². The third-order valence-electron chi connectivity index (χ3n) is 4.83. The third-order valence-corrected chi connectivity index (χ3v) is 4.83. The van der Waals surface area contributed by atoms with Crippen molar-refractivity contribution in [1.29, 1.82) is 0 Å². The predicted molar refractivity (Wildman–Crippen MR) is 87.8 cm³/mol. The van der Waals surface area contributed by atoms with Crippen molar-refractivity contribution in [2.75, 3.05) is 11.5 Å². The summed E-state index contributed by atoms with van der Waals surface area (Å²) < 4.78 is 0. The van der Waals surface area contributed by atoms with Crippen molar-refractivity contribution in [3.8, 4) is 0 Å². The lowest BCUT2D eigenvalue weighted by Gasteiger charge is -2.43. The van der Waals surface area contributed by atoms with Gasteiger partial charge in [0.2, 0.25) is 0 Å². The van der Waals surface area contributed by atoms with Crippen LogP contribution in [0.15, 0.2) is 48.5 Å². The second kappa shape index (κ2) is 4.86. The minimum absolute atomic E-state index is 0.0170. The molecule has 106 valence electrons. The summed E-state index contributed by atoms with van der Waals surface area (Å²) in [5.41, 5.74) is 15.7. The van der Waals surface area contributed by atoms with E-state index < -0.39 is 0 Å². The Kier molecular flexibility index (Phi) is 3.51. The Labute approximate surface area is 121 Å². The number of hydrogen-bond acceptors (Lipinski definition) is 2. The molecule has 2 rings (SSSR count). The van der Waals surface area contributed by atoms with Gasteiger partial charge in [-0.15, -0.1) is 0 Å². The number of nitrogens with two attached hydrogens (primary N) is 2. The molecule has 0 unspecified atom stereocenters. The Morgan fingerprint density at radius 3 is 1.05 bits per heavy atom. The molecule has 0 amide bonds. The molecule has 0 saturated heterocycles. The van der Waals surface area contributed by atoms with Crippen LogP contribution >= 0.6 is 0 Å². The van der Waals surface area contributed by atoms with Crippen LogP contribution in [0.4, 0.5) is 11.4 Å². The van der Waals surface area contributed by atoms with E-state index in [1.807, 2.05) is 24.3 Å². The summed E-state index contributed by atoms with van der Waals surface area (Å²) in [6.07, 6.45) is 0. The molecule has 0 aliphatic heterocycles. The Bertz CT molecular complexity index is 522. The molecule has 20 heavy (non-hydrogen) atoms. The van der Waals surface area contributed by atoms with Crippen molar-refractivity contribution in [2.45, 2.75) is 38.5 Å². The van der Waals surface area contributed by atoms with Gasteiger partial charge in [0.05, 0.1) is 0 Å². The third kappa shape index (κ3) is 2.38. The molecule has 2 aromatic rings. The van der Waals surface area contributed by atoms with Crippen molar-refractivity contribution >= 4 is 11.4 Å². The lowest BCUT2D eigenvalue weighted by atomic mass is 9.61. The maximum atomic E-state index is 5.79. The number of nitrogen functional groups attached to an aromatic ring is 2. The second-order valence-corrected chi connectivity index (χ2v) is 6.49. The van der Waals surface area contributed by atoms with Crippen LogP contribution in [-0.4, -0.2) is 0 Å². The minimum atomic E-state index is -0.0170. The molecule has 4 N–H and O–H groups in total. The SMILES string of the molecule is CC(C)(c1ccc(N)cc1)C(C)(C)c1ccc(N)cc1. The summed E-state index contributed by atoms with van der Waals surface area (Å²) >= 11 is 0. The maximum Gasteiger partial charge on any atom is 0.0314 e. The average molecular weight is 268 g/mol. The summed E-state index contributed by atoms with van der Waals surface area (Å²) in [5, 5.41) is 0. The summed E-state index contributed by atoms with van der Waals surface area (Å²) in [6.45, 7) is 9.09. The van der Waals surface area contributed by atoms with Crippen LogP contribution in [0.2, 0.25) is 0 Å². The van der Waals surface area contributed by atoms with Gasteiger partial charge in [-0.1, -0.05) is 52.0 Å². The van der Waals surface area contributed by atoms with E-state index in [0.717, 1.165) is 11.4 Å². The monoisotopic (exact) mass is 268 g/mol. The molecule has 0 radical (unpaired) electrons. The van der Waals surface area contributed by atoms with Gasteiger partial charge in [0, 0.05) is 11.4 Å². The average Bonchev–Trinajstić information content (AvgIpc) is 2.39. The van der Waals surface area contributed by atoms with Gasteiger partial charge in [-0.2, -0.15) is 0 Å². The molecule has 0 spiro atoms. The zero-order valence-electron chi connectivity index (χ0n) is 12.8. The van der Waals surface area contributed by atoms with E-state index in [1.54, 1.807) is 0 Å². The zero-order chi connectivity index (χ0) is 15.0. The molecule has 0 bridgehead atoms. The van der Waals surface area contributed by atoms with E-state index in [1.165, 1.54) is 11.1 Å². The van der Waals surface area contributed by atoms with Crippen LogP contribution in [0.25, 0.3) is 0 Å². The van der Waals surface area contributed by atoms with Gasteiger partial charge in [-0.25, -0.2) is 0 Å². The van der Waals surface area contributed by atoms with Crippen LogP contribution in [0.5, 0.6) is 0 Å². The summed E-state index contributed by atoms with van der Waals surface area (Å²) in [6, 6.07) is 16.4. The lowest BCUT2D eigenvalue weighted by molar-refractivity contribution is 0.303. The van der Waals surface area contributed by atoms with Gasteiger partial charge >= 0.3 is 0 Å². The molecule has 0 aromatic heterocycles. The minimum Gasteiger partial charge on any atom is -0.399 e. The quantitative estimate of drug-likeness (QED) is 0.823. The number of benzene rings is 2. The van der Waals surface area contributed by atoms with Crippen LogP contribution < -0.4 is 11.5 Å². The van der Waals surface area contributed by atoms with Crippen LogP contribution in [0.1, 0.15) is 38.8 Å². The first-order valence-electron chi connectivity index (χ1n) is 6.97. The highest BCUT2D eigenvalue weighted by atomic mass is 14.5. The standard InChI is InChI=1S/C18H24N2/c1-17(2,13-5-9-15(19)10-6-13)18(3,4)14-7-11-16(20)12-8-14/h5-12H,19-20H2,1-4H3. The van der Waals surface area contributed by atoms with Crippen LogP contribution in [0, 0.1) is 0 Å². The Morgan fingerprint density at radius 1 is 0.550 bits per heavy atom. The lowest BCUT2D eigenvalue weighted by Crippen LogP contribution is -2.40.